The van der Waals surface area contributed by atoms with Crippen LogP contribution in [0.25, 0.3) is 0 Å². The topological polar surface area (TPSA) is 64.1 Å². The van der Waals surface area contributed by atoms with E-state index in [1.807, 2.05) is 35.0 Å². The number of fused-ring (bicyclic) bond motifs is 1. The van der Waals surface area contributed by atoms with E-state index in [-0.39, 0.29) is 18.5 Å². The fraction of sp³-hybridized carbons (Fsp3) is 0.579. The first-order chi connectivity index (χ1) is 12.0. The molecule has 0 radical (unpaired) electrons. The Morgan fingerprint density at radius 1 is 1.20 bits per heavy atom. The first-order valence-electron chi connectivity index (χ1n) is 9.07. The lowest BCUT2D eigenvalue weighted by Crippen LogP contribution is -2.41. The van der Waals surface area contributed by atoms with Gasteiger partial charge in [-0.3, -0.25) is 19.4 Å². The second-order valence-electron chi connectivity index (χ2n) is 7.09. The number of anilines is 1. The number of carbonyl (C=O) groups excluding carboxylic acids is 1. The summed E-state index contributed by atoms with van der Waals surface area (Å²) in [4.78, 5) is 29.7. The summed E-state index contributed by atoms with van der Waals surface area (Å²) in [5.74, 6) is -0.617. The molecular formula is C19H27N3O3. The molecule has 6 nitrogen and oxygen atoms in total. The van der Waals surface area contributed by atoms with Crippen LogP contribution in [-0.2, 0) is 16.0 Å². The Balaban J connectivity index is 1.54. The van der Waals surface area contributed by atoms with Crippen LogP contribution in [0, 0.1) is 0 Å². The standard InChI is InChI=1S/C19H27N3O3/c1-20(14-19(24)25)16-6-4-10-21(11-9-16)13-18(23)22-12-8-15-5-2-3-7-17(15)22/h2-3,5,7,16H,4,6,8-14H2,1H3,(H,24,25). The second kappa shape index (κ2) is 7.97. The molecule has 2 heterocycles. The highest BCUT2D eigenvalue weighted by molar-refractivity contribution is 5.96. The van der Waals surface area contributed by atoms with Gasteiger partial charge in [-0.15, -0.1) is 0 Å². The summed E-state index contributed by atoms with van der Waals surface area (Å²) in [5, 5.41) is 8.95. The van der Waals surface area contributed by atoms with Crippen LogP contribution in [0.5, 0.6) is 0 Å². The number of carbonyl (C=O) groups is 2. The van der Waals surface area contributed by atoms with Gasteiger partial charge in [0.2, 0.25) is 5.91 Å². The Labute approximate surface area is 149 Å². The van der Waals surface area contributed by atoms with Crippen LogP contribution in [-0.4, -0.2) is 72.6 Å². The van der Waals surface area contributed by atoms with Gasteiger partial charge in [0, 0.05) is 24.8 Å². The molecule has 1 atom stereocenters. The molecule has 0 aliphatic carbocycles. The maximum atomic E-state index is 12.7. The second-order valence-corrected chi connectivity index (χ2v) is 7.09. The van der Waals surface area contributed by atoms with E-state index in [1.165, 1.54) is 5.56 Å². The molecule has 136 valence electrons. The zero-order chi connectivity index (χ0) is 17.8. The van der Waals surface area contributed by atoms with E-state index in [9.17, 15) is 9.59 Å². The van der Waals surface area contributed by atoms with Gasteiger partial charge < -0.3 is 10.0 Å². The lowest BCUT2D eigenvalue weighted by molar-refractivity contribution is -0.138. The van der Waals surface area contributed by atoms with E-state index in [0.29, 0.717) is 6.54 Å². The number of likely N-dealkylation sites (tertiary alicyclic amines) is 1. The fourth-order valence-corrected chi connectivity index (χ4v) is 3.95. The molecule has 0 spiro atoms. The fourth-order valence-electron chi connectivity index (χ4n) is 3.95. The molecule has 1 amide bonds. The quantitative estimate of drug-likeness (QED) is 0.875. The first-order valence-corrected chi connectivity index (χ1v) is 9.07. The van der Waals surface area contributed by atoms with E-state index >= 15 is 0 Å². The predicted molar refractivity (Wildman–Crippen MR) is 96.8 cm³/mol. The summed E-state index contributed by atoms with van der Waals surface area (Å²) in [6.45, 7) is 3.04. The Hall–Kier alpha value is -1.92. The van der Waals surface area contributed by atoms with Crippen molar-refractivity contribution in [1.82, 2.24) is 9.80 Å². The normalized spacial score (nSPS) is 21.2. The van der Waals surface area contributed by atoms with Crippen molar-refractivity contribution in [3.63, 3.8) is 0 Å². The monoisotopic (exact) mass is 345 g/mol. The molecule has 1 aromatic rings. The molecule has 1 aromatic carbocycles. The largest absolute Gasteiger partial charge is 0.480 e. The Morgan fingerprint density at radius 2 is 2.00 bits per heavy atom. The number of hydrogen-bond acceptors (Lipinski definition) is 4. The molecule has 1 saturated heterocycles. The van der Waals surface area contributed by atoms with Crippen molar-refractivity contribution in [2.24, 2.45) is 0 Å². The van der Waals surface area contributed by atoms with E-state index in [1.54, 1.807) is 0 Å². The minimum atomic E-state index is -0.786. The number of benzene rings is 1. The number of rotatable bonds is 5. The van der Waals surface area contributed by atoms with Gasteiger partial charge in [-0.1, -0.05) is 18.2 Å². The third kappa shape index (κ3) is 4.38. The molecule has 0 saturated carbocycles. The summed E-state index contributed by atoms with van der Waals surface area (Å²) in [6.07, 6.45) is 3.83. The number of para-hydroxylation sites is 1. The molecule has 2 aliphatic heterocycles. The van der Waals surface area contributed by atoms with Crippen molar-refractivity contribution in [2.45, 2.75) is 31.7 Å². The first kappa shape index (κ1) is 17.9. The van der Waals surface area contributed by atoms with Crippen molar-refractivity contribution < 1.29 is 14.7 Å². The molecule has 0 aromatic heterocycles. The number of carboxylic acids is 1. The third-order valence-electron chi connectivity index (χ3n) is 5.35. The van der Waals surface area contributed by atoms with E-state index in [2.05, 4.69) is 11.0 Å². The van der Waals surface area contributed by atoms with Gasteiger partial charge in [-0.25, -0.2) is 0 Å². The van der Waals surface area contributed by atoms with E-state index in [4.69, 9.17) is 5.11 Å². The molecule has 25 heavy (non-hydrogen) atoms. The van der Waals surface area contributed by atoms with E-state index < -0.39 is 5.97 Å². The lowest BCUT2D eigenvalue weighted by Gasteiger charge is -2.26. The molecule has 1 fully saturated rings. The van der Waals surface area contributed by atoms with Gasteiger partial charge in [-0.2, -0.15) is 0 Å². The molecule has 0 bridgehead atoms. The van der Waals surface area contributed by atoms with Crippen LogP contribution in [0.1, 0.15) is 24.8 Å². The highest BCUT2D eigenvalue weighted by Gasteiger charge is 2.27. The summed E-state index contributed by atoms with van der Waals surface area (Å²) in [7, 11) is 1.88. The van der Waals surface area contributed by atoms with Crippen LogP contribution in [0.15, 0.2) is 24.3 Å². The zero-order valence-electron chi connectivity index (χ0n) is 14.9. The number of amides is 1. The third-order valence-corrected chi connectivity index (χ3v) is 5.35. The highest BCUT2D eigenvalue weighted by atomic mass is 16.4. The predicted octanol–water partition coefficient (Wildman–Crippen LogP) is 1.45. The SMILES string of the molecule is CN(CC(=O)O)C1CCCN(CC(=O)N2CCc3ccccc32)CC1. The molecule has 6 heteroatoms. The van der Waals surface area contributed by atoms with Crippen molar-refractivity contribution in [3.8, 4) is 0 Å². The maximum absolute atomic E-state index is 12.7. The average Bonchev–Trinajstić information content (AvgIpc) is 2.87. The smallest absolute Gasteiger partial charge is 0.317 e. The Kier molecular flexibility index (Phi) is 5.71. The molecule has 2 aliphatic rings. The molecule has 1 unspecified atom stereocenters. The maximum Gasteiger partial charge on any atom is 0.317 e. The number of likely N-dealkylation sites (N-methyl/N-ethyl adjacent to an activating group) is 1. The Morgan fingerprint density at radius 3 is 2.80 bits per heavy atom. The molecular weight excluding hydrogens is 318 g/mol. The summed E-state index contributed by atoms with van der Waals surface area (Å²) >= 11 is 0. The van der Waals surface area contributed by atoms with Gasteiger partial charge >= 0.3 is 5.97 Å². The van der Waals surface area contributed by atoms with Crippen molar-refractivity contribution in [3.05, 3.63) is 29.8 Å². The van der Waals surface area contributed by atoms with Crippen LogP contribution in [0.2, 0.25) is 0 Å². The Bertz CT molecular complexity index is 634. The number of aliphatic carboxylic acids is 1. The summed E-state index contributed by atoms with van der Waals surface area (Å²) in [5.41, 5.74) is 2.31. The van der Waals surface area contributed by atoms with Gasteiger partial charge in [0.1, 0.15) is 0 Å². The van der Waals surface area contributed by atoms with Gasteiger partial charge in [0.15, 0.2) is 0 Å². The minimum absolute atomic E-state index is 0.0775. The van der Waals surface area contributed by atoms with Crippen LogP contribution < -0.4 is 4.90 Å². The van der Waals surface area contributed by atoms with Crippen LogP contribution >= 0.6 is 0 Å². The molecule has 1 N–H and O–H groups in total. The van der Waals surface area contributed by atoms with Gasteiger partial charge in [0.05, 0.1) is 13.1 Å². The number of hydrogen-bond donors (Lipinski definition) is 1. The summed E-state index contributed by atoms with van der Waals surface area (Å²) in [6, 6.07) is 8.41. The molecule has 3 rings (SSSR count). The number of carboxylic acid groups (broad SMARTS) is 1. The van der Waals surface area contributed by atoms with Crippen molar-refractivity contribution >= 4 is 17.6 Å². The van der Waals surface area contributed by atoms with Crippen LogP contribution in [0.4, 0.5) is 5.69 Å². The van der Waals surface area contributed by atoms with Crippen molar-refractivity contribution in [2.75, 3.05) is 44.7 Å². The van der Waals surface area contributed by atoms with Gasteiger partial charge in [-0.05, 0) is 50.9 Å². The summed E-state index contributed by atoms with van der Waals surface area (Å²) < 4.78 is 0. The lowest BCUT2D eigenvalue weighted by atomic mass is 10.1. The highest BCUT2D eigenvalue weighted by Crippen LogP contribution is 2.27. The average molecular weight is 345 g/mol. The zero-order valence-corrected chi connectivity index (χ0v) is 14.9. The minimum Gasteiger partial charge on any atom is -0.480 e. The van der Waals surface area contributed by atoms with Gasteiger partial charge in [0.25, 0.3) is 0 Å². The van der Waals surface area contributed by atoms with Crippen molar-refractivity contribution in [1.29, 1.82) is 0 Å². The number of nitrogens with zero attached hydrogens (tertiary/aromatic N) is 3. The van der Waals surface area contributed by atoms with Crippen LogP contribution in [0.3, 0.4) is 0 Å². The van der Waals surface area contributed by atoms with E-state index in [0.717, 1.165) is 51.0 Å².